The predicted molar refractivity (Wildman–Crippen MR) is 83.4 cm³/mol. The van der Waals surface area contributed by atoms with E-state index >= 15 is 0 Å². The smallest absolute Gasteiger partial charge is 0.255 e. The molecule has 0 bridgehead atoms. The van der Waals surface area contributed by atoms with Crippen LogP contribution in [0, 0.1) is 5.82 Å². The van der Waals surface area contributed by atoms with Gasteiger partial charge in [-0.3, -0.25) is 4.79 Å². The molecule has 0 radical (unpaired) electrons. The van der Waals surface area contributed by atoms with Crippen LogP contribution in [-0.2, 0) is 13.0 Å². The van der Waals surface area contributed by atoms with Crippen LogP contribution >= 0.6 is 15.9 Å². The van der Waals surface area contributed by atoms with Gasteiger partial charge in [0.05, 0.1) is 5.56 Å². The molecule has 2 aromatic rings. The zero-order valence-electron chi connectivity index (χ0n) is 11.3. The summed E-state index contributed by atoms with van der Waals surface area (Å²) >= 11 is 3.31. The fourth-order valence-corrected chi connectivity index (χ4v) is 3.06. The third-order valence-corrected chi connectivity index (χ3v) is 4.44. The zero-order chi connectivity index (χ0) is 15.0. The van der Waals surface area contributed by atoms with Crippen LogP contribution in [0.25, 0.3) is 0 Å². The van der Waals surface area contributed by atoms with Crippen molar-refractivity contribution < 1.29 is 9.18 Å². The Balaban J connectivity index is 1.89. The molecule has 0 saturated heterocycles. The van der Waals surface area contributed by atoms with Crippen molar-refractivity contribution in [2.75, 3.05) is 12.3 Å². The standard InChI is InChI=1S/C16H14BrFN2O/c17-14-5-4-11(18)8-13(14)16(21)20-7-6-12-10(9-20)2-1-3-15(12)19/h1-5,8H,6-7,9,19H2. The maximum atomic E-state index is 13.4. The van der Waals surface area contributed by atoms with Crippen molar-refractivity contribution in [3.8, 4) is 0 Å². The molecule has 3 nitrogen and oxygen atoms in total. The SMILES string of the molecule is Nc1cccc2c1CCN(C(=O)c1cc(F)ccc1Br)C2. The number of benzene rings is 2. The van der Waals surface area contributed by atoms with Gasteiger partial charge in [0.15, 0.2) is 0 Å². The lowest BCUT2D eigenvalue weighted by molar-refractivity contribution is 0.0733. The van der Waals surface area contributed by atoms with Gasteiger partial charge in [-0.25, -0.2) is 4.39 Å². The van der Waals surface area contributed by atoms with Crippen LogP contribution in [0.15, 0.2) is 40.9 Å². The zero-order valence-corrected chi connectivity index (χ0v) is 12.9. The molecular formula is C16H14BrFN2O. The molecule has 21 heavy (non-hydrogen) atoms. The largest absolute Gasteiger partial charge is 0.398 e. The van der Waals surface area contributed by atoms with Gasteiger partial charge in [-0.05, 0) is 57.7 Å². The number of carbonyl (C=O) groups excluding carboxylic acids is 1. The number of nitrogen functional groups attached to an aromatic ring is 1. The quantitative estimate of drug-likeness (QED) is 0.803. The second kappa shape index (κ2) is 5.48. The number of amides is 1. The number of carbonyl (C=O) groups is 1. The van der Waals surface area contributed by atoms with Gasteiger partial charge in [-0.2, -0.15) is 0 Å². The summed E-state index contributed by atoms with van der Waals surface area (Å²) in [6.07, 6.45) is 0.723. The molecule has 0 spiro atoms. The lowest BCUT2D eigenvalue weighted by Gasteiger charge is -2.30. The van der Waals surface area contributed by atoms with Crippen LogP contribution in [0.4, 0.5) is 10.1 Å². The minimum Gasteiger partial charge on any atom is -0.398 e. The molecule has 0 aromatic heterocycles. The Bertz CT molecular complexity index is 717. The fourth-order valence-electron chi connectivity index (χ4n) is 2.64. The first-order chi connectivity index (χ1) is 10.1. The highest BCUT2D eigenvalue weighted by Gasteiger charge is 2.24. The van der Waals surface area contributed by atoms with Crippen LogP contribution in [0.5, 0.6) is 0 Å². The summed E-state index contributed by atoms with van der Waals surface area (Å²) in [5.41, 5.74) is 9.25. The Morgan fingerprint density at radius 1 is 1.29 bits per heavy atom. The highest BCUT2D eigenvalue weighted by molar-refractivity contribution is 9.10. The summed E-state index contributed by atoms with van der Waals surface area (Å²) in [5.74, 6) is -0.586. The maximum Gasteiger partial charge on any atom is 0.255 e. The van der Waals surface area contributed by atoms with Crippen molar-refractivity contribution in [1.82, 2.24) is 4.90 Å². The van der Waals surface area contributed by atoms with Crippen molar-refractivity contribution in [2.45, 2.75) is 13.0 Å². The Kier molecular flexibility index (Phi) is 3.68. The molecule has 0 aliphatic carbocycles. The highest BCUT2D eigenvalue weighted by atomic mass is 79.9. The second-order valence-electron chi connectivity index (χ2n) is 5.09. The van der Waals surface area contributed by atoms with E-state index in [0.29, 0.717) is 23.1 Å². The van der Waals surface area contributed by atoms with Gasteiger partial charge in [0.25, 0.3) is 5.91 Å². The molecule has 0 unspecified atom stereocenters. The Morgan fingerprint density at radius 3 is 2.90 bits per heavy atom. The summed E-state index contributed by atoms with van der Waals surface area (Å²) in [6.45, 7) is 1.09. The van der Waals surface area contributed by atoms with Crippen molar-refractivity contribution in [3.63, 3.8) is 0 Å². The molecule has 1 aliphatic heterocycles. The van der Waals surface area contributed by atoms with Gasteiger partial charge < -0.3 is 10.6 Å². The van der Waals surface area contributed by atoms with E-state index in [1.807, 2.05) is 18.2 Å². The maximum absolute atomic E-state index is 13.4. The predicted octanol–water partition coefficient (Wildman–Crippen LogP) is 3.37. The summed E-state index contributed by atoms with van der Waals surface area (Å²) in [4.78, 5) is 14.3. The molecule has 1 amide bonds. The number of hydrogen-bond donors (Lipinski definition) is 1. The summed E-state index contributed by atoms with van der Waals surface area (Å²) < 4.78 is 14.0. The first-order valence-electron chi connectivity index (χ1n) is 6.67. The van der Waals surface area contributed by atoms with Crippen molar-refractivity contribution in [2.24, 2.45) is 0 Å². The third-order valence-electron chi connectivity index (χ3n) is 3.75. The average molecular weight is 349 g/mol. The summed E-state index contributed by atoms with van der Waals surface area (Å²) in [7, 11) is 0. The Hall–Kier alpha value is -1.88. The van der Waals surface area contributed by atoms with Crippen molar-refractivity contribution in [1.29, 1.82) is 0 Å². The van der Waals surface area contributed by atoms with Gasteiger partial charge in [-0.15, -0.1) is 0 Å². The number of rotatable bonds is 1. The number of halogens is 2. The first-order valence-corrected chi connectivity index (χ1v) is 7.46. The Morgan fingerprint density at radius 2 is 2.10 bits per heavy atom. The van der Waals surface area contributed by atoms with Crippen LogP contribution < -0.4 is 5.73 Å². The number of nitrogens with zero attached hydrogens (tertiary/aromatic N) is 1. The van der Waals surface area contributed by atoms with Crippen LogP contribution in [0.1, 0.15) is 21.5 Å². The Labute approximate surface area is 130 Å². The average Bonchev–Trinajstić information content (AvgIpc) is 2.49. The molecule has 1 heterocycles. The molecule has 2 aromatic carbocycles. The number of nitrogens with two attached hydrogens (primary N) is 1. The summed E-state index contributed by atoms with van der Waals surface area (Å²) in [5, 5.41) is 0. The van der Waals surface area contributed by atoms with Crippen molar-refractivity contribution >= 4 is 27.5 Å². The van der Waals surface area contributed by atoms with E-state index in [9.17, 15) is 9.18 Å². The molecular weight excluding hydrogens is 335 g/mol. The van der Waals surface area contributed by atoms with Gasteiger partial charge in [0, 0.05) is 23.2 Å². The highest BCUT2D eigenvalue weighted by Crippen LogP contribution is 2.27. The number of fused-ring (bicyclic) bond motifs is 1. The molecule has 1 aliphatic rings. The van der Waals surface area contributed by atoms with E-state index in [1.165, 1.54) is 12.1 Å². The third kappa shape index (κ3) is 2.65. The van der Waals surface area contributed by atoms with Crippen LogP contribution in [-0.4, -0.2) is 17.4 Å². The lowest BCUT2D eigenvalue weighted by atomic mass is 9.97. The minimum absolute atomic E-state index is 0.172. The minimum atomic E-state index is -0.414. The monoisotopic (exact) mass is 348 g/mol. The van der Waals surface area contributed by atoms with E-state index in [0.717, 1.165) is 23.2 Å². The normalized spacial score (nSPS) is 13.9. The molecule has 3 rings (SSSR count). The van der Waals surface area contributed by atoms with Crippen LogP contribution in [0.2, 0.25) is 0 Å². The van der Waals surface area contributed by atoms with Gasteiger partial charge in [-0.1, -0.05) is 12.1 Å². The van der Waals surface area contributed by atoms with E-state index in [4.69, 9.17) is 5.73 Å². The second-order valence-corrected chi connectivity index (χ2v) is 5.94. The van der Waals surface area contributed by atoms with E-state index in [2.05, 4.69) is 15.9 Å². The van der Waals surface area contributed by atoms with Gasteiger partial charge >= 0.3 is 0 Å². The fraction of sp³-hybridized carbons (Fsp3) is 0.188. The van der Waals surface area contributed by atoms with E-state index in [-0.39, 0.29) is 5.91 Å². The lowest BCUT2D eigenvalue weighted by Crippen LogP contribution is -2.36. The van der Waals surface area contributed by atoms with Gasteiger partial charge in [0.1, 0.15) is 5.82 Å². The van der Waals surface area contributed by atoms with Crippen molar-refractivity contribution in [3.05, 3.63) is 63.4 Å². The molecule has 0 saturated carbocycles. The molecule has 5 heteroatoms. The topological polar surface area (TPSA) is 46.3 Å². The first kappa shape index (κ1) is 14.1. The number of hydrogen-bond acceptors (Lipinski definition) is 2. The molecule has 108 valence electrons. The van der Waals surface area contributed by atoms with Crippen LogP contribution in [0.3, 0.4) is 0 Å². The molecule has 0 atom stereocenters. The van der Waals surface area contributed by atoms with E-state index < -0.39 is 5.82 Å². The molecule has 2 N–H and O–H groups in total. The molecule has 0 fully saturated rings. The van der Waals surface area contributed by atoms with E-state index in [1.54, 1.807) is 11.0 Å². The summed E-state index contributed by atoms with van der Waals surface area (Å²) in [6, 6.07) is 9.89. The van der Waals surface area contributed by atoms with Gasteiger partial charge in [0.2, 0.25) is 0 Å². The number of anilines is 1.